The van der Waals surface area contributed by atoms with E-state index in [2.05, 4.69) is 37.9 Å². The first-order valence-electron chi connectivity index (χ1n) is 7.47. The topological polar surface area (TPSA) is 15.3 Å². The fourth-order valence-electron chi connectivity index (χ4n) is 3.63. The normalized spacial score (nSPS) is 32.8. The highest BCUT2D eigenvalue weighted by Gasteiger charge is 2.36. The van der Waals surface area contributed by atoms with Crippen LogP contribution in [-0.2, 0) is 0 Å². The number of hydrogen-bond acceptors (Lipinski definition) is 2. The second-order valence-corrected chi connectivity index (χ2v) is 7.14. The molecule has 1 N–H and O–H groups in total. The van der Waals surface area contributed by atoms with Gasteiger partial charge in [-0.3, -0.25) is 4.90 Å². The zero-order chi connectivity index (χ0) is 12.5. The van der Waals surface area contributed by atoms with E-state index in [1.807, 2.05) is 0 Å². The van der Waals surface area contributed by atoms with Gasteiger partial charge < -0.3 is 5.32 Å². The monoisotopic (exact) mass is 238 g/mol. The molecule has 0 aromatic carbocycles. The maximum absolute atomic E-state index is 3.64. The summed E-state index contributed by atoms with van der Waals surface area (Å²) >= 11 is 0. The Morgan fingerprint density at radius 2 is 2.06 bits per heavy atom. The Kier molecular flexibility index (Phi) is 4.14. The molecule has 1 aliphatic heterocycles. The predicted octanol–water partition coefficient (Wildman–Crippen LogP) is 3.03. The number of nitrogens with one attached hydrogen (secondary N) is 1. The Hall–Kier alpha value is -0.0800. The van der Waals surface area contributed by atoms with Crippen molar-refractivity contribution in [1.29, 1.82) is 0 Å². The van der Waals surface area contributed by atoms with Crippen LogP contribution in [0.3, 0.4) is 0 Å². The van der Waals surface area contributed by atoms with E-state index in [0.717, 1.165) is 12.1 Å². The van der Waals surface area contributed by atoms with Gasteiger partial charge in [0.15, 0.2) is 0 Å². The van der Waals surface area contributed by atoms with E-state index in [1.54, 1.807) is 0 Å². The molecule has 100 valence electrons. The molecule has 0 radical (unpaired) electrons. The fraction of sp³-hybridized carbons (Fsp3) is 1.00. The quantitative estimate of drug-likeness (QED) is 0.810. The summed E-state index contributed by atoms with van der Waals surface area (Å²) in [5.74, 6) is 0. The van der Waals surface area contributed by atoms with Crippen molar-refractivity contribution < 1.29 is 0 Å². The first-order valence-corrected chi connectivity index (χ1v) is 7.47. The predicted molar refractivity (Wildman–Crippen MR) is 74.3 cm³/mol. The zero-order valence-electron chi connectivity index (χ0n) is 12.1. The highest BCUT2D eigenvalue weighted by Crippen LogP contribution is 2.40. The lowest BCUT2D eigenvalue weighted by Crippen LogP contribution is -2.46. The molecule has 2 rings (SSSR count). The number of rotatable bonds is 4. The molecule has 0 aromatic heterocycles. The van der Waals surface area contributed by atoms with E-state index in [1.165, 1.54) is 45.2 Å². The van der Waals surface area contributed by atoms with Gasteiger partial charge in [0.1, 0.15) is 0 Å². The third kappa shape index (κ3) is 3.45. The molecule has 17 heavy (non-hydrogen) atoms. The average molecular weight is 238 g/mol. The fourth-order valence-corrected chi connectivity index (χ4v) is 3.63. The molecule has 2 atom stereocenters. The van der Waals surface area contributed by atoms with Gasteiger partial charge in [-0.05, 0) is 57.9 Å². The van der Waals surface area contributed by atoms with Crippen LogP contribution in [0.15, 0.2) is 0 Å². The van der Waals surface area contributed by atoms with Gasteiger partial charge in [0.25, 0.3) is 0 Å². The summed E-state index contributed by atoms with van der Waals surface area (Å²) in [5.41, 5.74) is 0.570. The maximum atomic E-state index is 3.64. The zero-order valence-corrected chi connectivity index (χ0v) is 12.1. The van der Waals surface area contributed by atoms with Crippen molar-refractivity contribution in [2.45, 2.75) is 77.9 Å². The van der Waals surface area contributed by atoms with E-state index in [-0.39, 0.29) is 0 Å². The van der Waals surface area contributed by atoms with Crippen molar-refractivity contribution in [1.82, 2.24) is 10.2 Å². The van der Waals surface area contributed by atoms with E-state index in [4.69, 9.17) is 0 Å². The van der Waals surface area contributed by atoms with Crippen molar-refractivity contribution in [3.63, 3.8) is 0 Å². The summed E-state index contributed by atoms with van der Waals surface area (Å²) in [5, 5.41) is 3.64. The summed E-state index contributed by atoms with van der Waals surface area (Å²) in [6, 6.07) is 2.27. The smallest absolute Gasteiger partial charge is 0.0195 e. The van der Waals surface area contributed by atoms with Crippen LogP contribution < -0.4 is 5.32 Å². The maximum Gasteiger partial charge on any atom is 0.0195 e. The van der Waals surface area contributed by atoms with Crippen molar-refractivity contribution in [3.05, 3.63) is 0 Å². The van der Waals surface area contributed by atoms with Crippen LogP contribution in [0.2, 0.25) is 0 Å². The van der Waals surface area contributed by atoms with Gasteiger partial charge in [0.05, 0.1) is 0 Å². The first-order chi connectivity index (χ1) is 7.98. The summed E-state index contributed by atoms with van der Waals surface area (Å²) in [6.45, 7) is 12.1. The van der Waals surface area contributed by atoms with Crippen LogP contribution in [0, 0.1) is 5.41 Å². The third-order valence-corrected chi connectivity index (χ3v) is 4.67. The molecular weight excluding hydrogens is 208 g/mol. The summed E-state index contributed by atoms with van der Waals surface area (Å²) in [4.78, 5) is 2.76. The summed E-state index contributed by atoms with van der Waals surface area (Å²) in [7, 11) is 0. The van der Waals surface area contributed by atoms with E-state index >= 15 is 0 Å². The molecule has 2 aliphatic rings. The minimum atomic E-state index is 0.570. The Labute approximate surface area is 107 Å². The van der Waals surface area contributed by atoms with Crippen molar-refractivity contribution >= 4 is 0 Å². The highest BCUT2D eigenvalue weighted by atomic mass is 15.2. The van der Waals surface area contributed by atoms with E-state index in [0.29, 0.717) is 11.5 Å². The second kappa shape index (κ2) is 5.27. The minimum Gasteiger partial charge on any atom is -0.313 e. The minimum absolute atomic E-state index is 0.570. The van der Waals surface area contributed by atoms with Gasteiger partial charge in [-0.25, -0.2) is 0 Å². The SMILES string of the molecule is CC(C)N(CC1CCCN1)C1CCC(C)(C)C1. The molecule has 1 heterocycles. The van der Waals surface area contributed by atoms with Crippen LogP contribution in [0.5, 0.6) is 0 Å². The van der Waals surface area contributed by atoms with Crippen LogP contribution in [-0.4, -0.2) is 36.1 Å². The lowest BCUT2D eigenvalue weighted by molar-refractivity contribution is 0.133. The van der Waals surface area contributed by atoms with Gasteiger partial charge in [-0.1, -0.05) is 13.8 Å². The number of hydrogen-bond donors (Lipinski definition) is 1. The van der Waals surface area contributed by atoms with Gasteiger partial charge in [0.2, 0.25) is 0 Å². The van der Waals surface area contributed by atoms with Gasteiger partial charge in [-0.15, -0.1) is 0 Å². The Morgan fingerprint density at radius 1 is 1.29 bits per heavy atom. The molecule has 2 unspecified atom stereocenters. The van der Waals surface area contributed by atoms with Crippen molar-refractivity contribution in [2.24, 2.45) is 5.41 Å². The van der Waals surface area contributed by atoms with Gasteiger partial charge in [-0.2, -0.15) is 0 Å². The molecule has 0 amide bonds. The molecule has 2 heteroatoms. The lowest BCUT2D eigenvalue weighted by atomic mass is 9.91. The van der Waals surface area contributed by atoms with Crippen LogP contribution in [0.1, 0.15) is 59.8 Å². The van der Waals surface area contributed by atoms with Gasteiger partial charge >= 0.3 is 0 Å². The highest BCUT2D eigenvalue weighted by molar-refractivity contribution is 4.91. The number of nitrogens with zero attached hydrogens (tertiary/aromatic N) is 1. The molecule has 1 aliphatic carbocycles. The molecular formula is C15H30N2. The summed E-state index contributed by atoms with van der Waals surface area (Å²) < 4.78 is 0. The molecule has 1 saturated heterocycles. The molecule has 2 fully saturated rings. The van der Waals surface area contributed by atoms with Crippen LogP contribution >= 0.6 is 0 Å². The molecule has 0 spiro atoms. The van der Waals surface area contributed by atoms with Crippen molar-refractivity contribution in [3.8, 4) is 0 Å². The van der Waals surface area contributed by atoms with Crippen LogP contribution in [0.4, 0.5) is 0 Å². The molecule has 2 nitrogen and oxygen atoms in total. The summed E-state index contributed by atoms with van der Waals surface area (Å²) in [6.07, 6.45) is 6.93. The average Bonchev–Trinajstić information content (AvgIpc) is 2.83. The molecule has 1 saturated carbocycles. The molecule has 0 bridgehead atoms. The Bertz CT molecular complexity index is 241. The van der Waals surface area contributed by atoms with Crippen LogP contribution in [0.25, 0.3) is 0 Å². The van der Waals surface area contributed by atoms with Gasteiger partial charge in [0, 0.05) is 24.7 Å². The van der Waals surface area contributed by atoms with Crippen molar-refractivity contribution in [2.75, 3.05) is 13.1 Å². The van der Waals surface area contributed by atoms with E-state index in [9.17, 15) is 0 Å². The Balaban J connectivity index is 1.92. The Morgan fingerprint density at radius 3 is 2.53 bits per heavy atom. The first kappa shape index (κ1) is 13.4. The second-order valence-electron chi connectivity index (χ2n) is 7.14. The molecule has 0 aromatic rings. The largest absolute Gasteiger partial charge is 0.313 e. The lowest BCUT2D eigenvalue weighted by Gasteiger charge is -2.35. The van der Waals surface area contributed by atoms with E-state index < -0.39 is 0 Å². The third-order valence-electron chi connectivity index (χ3n) is 4.67. The standard InChI is InChI=1S/C15H30N2/c1-12(2)17(11-13-6-5-9-16-13)14-7-8-15(3,4)10-14/h12-14,16H,5-11H2,1-4H3.